The number of anilines is 2. The summed E-state index contributed by atoms with van der Waals surface area (Å²) in [4.78, 5) is 34.5. The van der Waals surface area contributed by atoms with Crippen molar-refractivity contribution in [3.05, 3.63) is 116 Å². The normalized spacial score (nSPS) is 14.6. The van der Waals surface area contributed by atoms with Crippen molar-refractivity contribution in [2.24, 2.45) is 0 Å². The molecule has 0 unspecified atom stereocenters. The molecule has 4 nitrogen and oxygen atoms in total. The Morgan fingerprint density at radius 3 is 1.21 bits per heavy atom. The highest BCUT2D eigenvalue weighted by Crippen LogP contribution is 2.51. The molecule has 250 valence electrons. The number of thiophene rings is 2. The lowest BCUT2D eigenvalue weighted by Crippen LogP contribution is -2.27. The van der Waals surface area contributed by atoms with Crippen LogP contribution in [0.15, 0.2) is 95.0 Å². The Morgan fingerprint density at radius 1 is 0.479 bits per heavy atom. The number of nitrogens with zero attached hydrogens (tertiary/aromatic N) is 2. The lowest BCUT2D eigenvalue weighted by molar-refractivity contribution is -0.112. The van der Waals surface area contributed by atoms with E-state index < -0.39 is 0 Å². The minimum Gasteiger partial charge on any atom is -0.274 e. The van der Waals surface area contributed by atoms with Gasteiger partial charge in [-0.25, -0.2) is 0 Å². The van der Waals surface area contributed by atoms with E-state index in [0.29, 0.717) is 22.5 Å². The molecule has 6 heteroatoms. The van der Waals surface area contributed by atoms with E-state index >= 15 is 0 Å². The number of aryl methyl sites for hydroxylation is 2. The van der Waals surface area contributed by atoms with Gasteiger partial charge in [0.25, 0.3) is 11.8 Å². The van der Waals surface area contributed by atoms with Gasteiger partial charge in [-0.2, -0.15) is 0 Å². The Morgan fingerprint density at radius 2 is 0.854 bits per heavy atom. The summed E-state index contributed by atoms with van der Waals surface area (Å²) < 4.78 is 0. The van der Waals surface area contributed by atoms with Crippen LogP contribution in [-0.4, -0.2) is 11.8 Å². The standard InChI is InChI=1S/C42H48N2O2S2/c1-3-5-7-9-11-13-17-31-21-25-33(26-22-31)43-39-37(35-19-15-29-47-35)42(46)44(40(39)38(41(43)45)36-20-16-30-48-36)34-27-23-32(24-28-34)18-14-12-10-8-6-4-2/h15-16,19-30H,3-14,17-18H2,1-2H3. The first kappa shape index (κ1) is 34.1. The maximum absolute atomic E-state index is 14.6. The first-order valence-corrected chi connectivity index (χ1v) is 19.8. The lowest BCUT2D eigenvalue weighted by atomic mass is 10.0. The molecule has 0 saturated carbocycles. The fraction of sp³-hybridized carbons (Fsp3) is 0.381. The molecule has 0 fully saturated rings. The van der Waals surface area contributed by atoms with Gasteiger partial charge in [0.15, 0.2) is 0 Å². The number of rotatable bonds is 18. The highest BCUT2D eigenvalue weighted by molar-refractivity contribution is 7.12. The third-order valence-electron chi connectivity index (χ3n) is 9.54. The Balaban J connectivity index is 1.31. The highest BCUT2D eigenvalue weighted by atomic mass is 32.1. The van der Waals surface area contributed by atoms with Crippen LogP contribution in [0.2, 0.25) is 0 Å². The Kier molecular flexibility index (Phi) is 11.8. The van der Waals surface area contributed by atoms with Gasteiger partial charge in [-0.15, -0.1) is 22.7 Å². The summed E-state index contributed by atoms with van der Waals surface area (Å²) in [5.41, 5.74) is 6.72. The number of fused-ring (bicyclic) bond motifs is 1. The summed E-state index contributed by atoms with van der Waals surface area (Å²) in [6.07, 6.45) is 17.3. The Bertz CT molecular complexity index is 1590. The lowest BCUT2D eigenvalue weighted by Gasteiger charge is -2.20. The van der Waals surface area contributed by atoms with Crippen LogP contribution in [0.1, 0.15) is 112 Å². The number of carbonyl (C=O) groups excluding carboxylic acids is 2. The van der Waals surface area contributed by atoms with Gasteiger partial charge >= 0.3 is 0 Å². The van der Waals surface area contributed by atoms with E-state index in [1.54, 1.807) is 32.5 Å². The molecule has 2 amide bonds. The molecule has 2 aliphatic rings. The molecule has 2 aliphatic heterocycles. The predicted molar refractivity (Wildman–Crippen MR) is 204 cm³/mol. The Hall–Kier alpha value is -3.74. The quantitative estimate of drug-likeness (QED) is 0.0984. The maximum Gasteiger partial charge on any atom is 0.266 e. The van der Waals surface area contributed by atoms with Crippen LogP contribution in [0.5, 0.6) is 0 Å². The second-order valence-corrected chi connectivity index (χ2v) is 14.9. The van der Waals surface area contributed by atoms with Gasteiger partial charge in [-0.3, -0.25) is 19.4 Å². The molecule has 2 aromatic heterocycles. The zero-order chi connectivity index (χ0) is 33.3. The number of benzene rings is 2. The monoisotopic (exact) mass is 676 g/mol. The molecule has 0 N–H and O–H groups in total. The van der Waals surface area contributed by atoms with Gasteiger partial charge in [0, 0.05) is 21.1 Å². The van der Waals surface area contributed by atoms with Crippen molar-refractivity contribution < 1.29 is 9.59 Å². The molecule has 4 aromatic rings. The summed E-state index contributed by atoms with van der Waals surface area (Å²) in [5.74, 6) is -0.172. The highest BCUT2D eigenvalue weighted by Gasteiger charge is 2.50. The van der Waals surface area contributed by atoms with Crippen molar-refractivity contribution in [3.63, 3.8) is 0 Å². The second-order valence-electron chi connectivity index (χ2n) is 13.1. The van der Waals surface area contributed by atoms with Crippen LogP contribution in [0.4, 0.5) is 11.4 Å². The molecule has 0 radical (unpaired) electrons. The van der Waals surface area contributed by atoms with Crippen LogP contribution < -0.4 is 9.80 Å². The number of amides is 2. The number of hydrogen-bond acceptors (Lipinski definition) is 4. The molecule has 0 bridgehead atoms. The molecule has 2 aromatic carbocycles. The van der Waals surface area contributed by atoms with Crippen molar-refractivity contribution in [1.82, 2.24) is 0 Å². The molecule has 0 atom stereocenters. The van der Waals surface area contributed by atoms with Crippen molar-refractivity contribution in [2.45, 2.75) is 104 Å². The van der Waals surface area contributed by atoms with Gasteiger partial charge < -0.3 is 0 Å². The summed E-state index contributed by atoms with van der Waals surface area (Å²) in [6, 6.07) is 24.8. The van der Waals surface area contributed by atoms with Gasteiger partial charge in [0.05, 0.1) is 22.5 Å². The SMILES string of the molecule is CCCCCCCCc1ccc(N2C(=O)C(c3cccs3)=C3C2=C(c2cccs2)C(=O)N3c2ccc(CCCCCCCC)cc2)cc1. The van der Waals surface area contributed by atoms with E-state index in [2.05, 4.69) is 62.4 Å². The fourth-order valence-electron chi connectivity index (χ4n) is 6.92. The zero-order valence-electron chi connectivity index (χ0n) is 28.5. The average Bonchev–Trinajstić information content (AvgIpc) is 3.92. The summed E-state index contributed by atoms with van der Waals surface area (Å²) in [7, 11) is 0. The molecule has 0 saturated heterocycles. The maximum atomic E-state index is 14.6. The summed E-state index contributed by atoms with van der Waals surface area (Å²) >= 11 is 3.08. The molecule has 0 aliphatic carbocycles. The van der Waals surface area contributed by atoms with E-state index in [9.17, 15) is 9.59 Å². The van der Waals surface area contributed by atoms with Crippen LogP contribution in [0, 0.1) is 0 Å². The van der Waals surface area contributed by atoms with Crippen LogP contribution in [0.3, 0.4) is 0 Å². The van der Waals surface area contributed by atoms with Crippen LogP contribution in [-0.2, 0) is 22.4 Å². The molecule has 4 heterocycles. The smallest absolute Gasteiger partial charge is 0.266 e. The van der Waals surface area contributed by atoms with Crippen molar-refractivity contribution >= 4 is 57.0 Å². The van der Waals surface area contributed by atoms with E-state index in [0.717, 1.165) is 34.0 Å². The van der Waals surface area contributed by atoms with Crippen LogP contribution in [0.25, 0.3) is 11.1 Å². The van der Waals surface area contributed by atoms with Gasteiger partial charge in [-0.1, -0.05) is 114 Å². The van der Waals surface area contributed by atoms with Gasteiger partial charge in [0.1, 0.15) is 0 Å². The summed E-state index contributed by atoms with van der Waals surface area (Å²) in [5, 5.41) is 4.00. The van der Waals surface area contributed by atoms with E-state index in [-0.39, 0.29) is 11.8 Å². The number of hydrogen-bond donors (Lipinski definition) is 0. The predicted octanol–water partition coefficient (Wildman–Crippen LogP) is 11.8. The molecule has 6 rings (SSSR count). The van der Waals surface area contributed by atoms with Crippen molar-refractivity contribution in [3.8, 4) is 0 Å². The zero-order valence-corrected chi connectivity index (χ0v) is 30.1. The van der Waals surface area contributed by atoms with E-state index in [4.69, 9.17) is 0 Å². The van der Waals surface area contributed by atoms with Gasteiger partial charge in [0.2, 0.25) is 0 Å². The first-order valence-electron chi connectivity index (χ1n) is 18.1. The van der Waals surface area contributed by atoms with Crippen molar-refractivity contribution in [2.75, 3.05) is 9.80 Å². The minimum atomic E-state index is -0.0858. The topological polar surface area (TPSA) is 40.6 Å². The average molecular weight is 677 g/mol. The minimum absolute atomic E-state index is 0.0858. The van der Waals surface area contributed by atoms with Crippen molar-refractivity contribution in [1.29, 1.82) is 0 Å². The molecule has 48 heavy (non-hydrogen) atoms. The summed E-state index contributed by atoms with van der Waals surface area (Å²) in [6.45, 7) is 4.50. The Labute approximate surface area is 294 Å². The van der Waals surface area contributed by atoms with Crippen LogP contribution >= 0.6 is 22.7 Å². The van der Waals surface area contributed by atoms with E-state index in [1.165, 1.54) is 88.2 Å². The largest absolute Gasteiger partial charge is 0.274 e. The second kappa shape index (κ2) is 16.6. The fourth-order valence-corrected chi connectivity index (χ4v) is 8.45. The molecular formula is C42H48N2O2S2. The molecular weight excluding hydrogens is 629 g/mol. The number of carbonyl (C=O) groups is 2. The van der Waals surface area contributed by atoms with E-state index in [1.807, 2.05) is 35.0 Å². The third-order valence-corrected chi connectivity index (χ3v) is 11.3. The van der Waals surface area contributed by atoms with Gasteiger partial charge in [-0.05, 0) is 84.0 Å². The first-order chi connectivity index (χ1) is 23.6. The third kappa shape index (κ3) is 7.45. The molecule has 0 spiro atoms. The number of unbranched alkanes of at least 4 members (excludes halogenated alkanes) is 10.